The molecule has 0 saturated carbocycles. The van der Waals surface area contributed by atoms with Gasteiger partial charge in [-0.1, -0.05) is 124 Å². The third kappa shape index (κ3) is 9.48. The molecule has 0 fully saturated rings. The van der Waals surface area contributed by atoms with Crippen molar-refractivity contribution in [3.8, 4) is 22.4 Å². The maximum Gasteiger partial charge on any atom is 0.164 e. The topological polar surface area (TPSA) is 63.3 Å². The van der Waals surface area contributed by atoms with Crippen molar-refractivity contribution in [2.24, 2.45) is 16.7 Å². The van der Waals surface area contributed by atoms with Crippen molar-refractivity contribution in [1.82, 2.24) is 4.98 Å². The van der Waals surface area contributed by atoms with Crippen LogP contribution >= 0.6 is 0 Å². The van der Waals surface area contributed by atoms with Gasteiger partial charge in [0.05, 0.1) is 6.26 Å². The first-order valence-corrected chi connectivity index (χ1v) is 18.5. The number of pyridine rings is 1. The van der Waals surface area contributed by atoms with Gasteiger partial charge in [-0.15, -0.1) is 29.1 Å². The molecule has 2 heterocycles. The van der Waals surface area contributed by atoms with Crippen LogP contribution in [0.3, 0.4) is 0 Å². The Balaban J connectivity index is 0.000000335. The van der Waals surface area contributed by atoms with E-state index in [1.54, 1.807) is 6.26 Å². The molecule has 0 bridgehead atoms. The van der Waals surface area contributed by atoms with Gasteiger partial charge in [-0.3, -0.25) is 9.78 Å². The molecule has 0 saturated heterocycles. The molecular formula is C46H58IrNO3-. The minimum atomic E-state index is -0.337. The summed E-state index contributed by atoms with van der Waals surface area (Å²) in [5.74, 6) is 0.867. The second-order valence-electron chi connectivity index (χ2n) is 15.8. The molecule has 1 radical (unpaired) electrons. The zero-order valence-corrected chi connectivity index (χ0v) is 35.1. The number of allylic oxidation sites excluding steroid dienone is 2. The normalized spacial score (nSPS) is 12.5. The second kappa shape index (κ2) is 17.3. The van der Waals surface area contributed by atoms with Crippen LogP contribution in [0.25, 0.3) is 44.1 Å². The summed E-state index contributed by atoms with van der Waals surface area (Å²) >= 11 is 0. The van der Waals surface area contributed by atoms with E-state index in [1.807, 2.05) is 47.7 Å². The number of carbonyl (C=O) groups excluding carboxylic acids is 1. The predicted octanol–water partition coefficient (Wildman–Crippen LogP) is 13.3. The maximum absolute atomic E-state index is 12.2. The number of aliphatic hydroxyl groups excluding tert-OH is 1. The van der Waals surface area contributed by atoms with E-state index in [9.17, 15) is 9.90 Å². The van der Waals surface area contributed by atoms with E-state index in [-0.39, 0.29) is 47.9 Å². The third-order valence-electron chi connectivity index (χ3n) is 10.9. The van der Waals surface area contributed by atoms with Crippen LogP contribution in [0, 0.1) is 22.8 Å². The largest absolute Gasteiger partial charge is 0.512 e. The van der Waals surface area contributed by atoms with Crippen molar-refractivity contribution in [1.29, 1.82) is 0 Å². The molecule has 5 rings (SSSR count). The van der Waals surface area contributed by atoms with E-state index in [4.69, 9.17) is 9.40 Å². The predicted molar refractivity (Wildman–Crippen MR) is 212 cm³/mol. The SMILES string of the molecule is CC(C)Cc1ccc(-c2ccnc(-c3[c-]c4ccccc4c(C(C)(C)C)c3)c2)c2ccoc12.CCC(C)(CC)C(=O)/C=C(\O)C(C)(CC)CC.[Ir]. The number of benzene rings is 3. The van der Waals surface area contributed by atoms with Crippen molar-refractivity contribution in [3.05, 3.63) is 102 Å². The molecule has 51 heavy (non-hydrogen) atoms. The Morgan fingerprint density at radius 2 is 1.51 bits per heavy atom. The molecule has 3 aromatic carbocycles. The van der Waals surface area contributed by atoms with Crippen LogP contribution in [0.2, 0.25) is 0 Å². The van der Waals surface area contributed by atoms with Gasteiger partial charge in [0.2, 0.25) is 0 Å². The molecule has 0 unspecified atom stereocenters. The molecular weight excluding hydrogens is 807 g/mol. The molecule has 2 aromatic heterocycles. The monoisotopic (exact) mass is 865 g/mol. The van der Waals surface area contributed by atoms with Gasteiger partial charge < -0.3 is 9.52 Å². The minimum Gasteiger partial charge on any atom is -0.512 e. The fourth-order valence-corrected chi connectivity index (χ4v) is 6.39. The van der Waals surface area contributed by atoms with Crippen molar-refractivity contribution in [2.75, 3.05) is 0 Å². The average molecular weight is 865 g/mol. The first-order valence-electron chi connectivity index (χ1n) is 18.5. The Labute approximate surface area is 320 Å². The molecule has 0 aliphatic carbocycles. The summed E-state index contributed by atoms with van der Waals surface area (Å²) in [4.78, 5) is 16.9. The minimum absolute atomic E-state index is 0. The number of nitrogens with zero attached hydrogens (tertiary/aromatic N) is 1. The number of furan rings is 1. The number of rotatable bonds is 11. The Bertz CT molecular complexity index is 1950. The van der Waals surface area contributed by atoms with Gasteiger partial charge >= 0.3 is 0 Å². The summed E-state index contributed by atoms with van der Waals surface area (Å²) in [5, 5.41) is 13.7. The molecule has 0 amide bonds. The molecule has 0 aliphatic rings. The van der Waals surface area contributed by atoms with E-state index >= 15 is 0 Å². The summed E-state index contributed by atoms with van der Waals surface area (Å²) in [6.07, 6.45) is 9.46. The Morgan fingerprint density at radius 3 is 2.12 bits per heavy atom. The van der Waals surface area contributed by atoms with Gasteiger partial charge in [-0.25, -0.2) is 0 Å². The first kappa shape index (κ1) is 41.9. The van der Waals surface area contributed by atoms with Gasteiger partial charge in [0.25, 0.3) is 0 Å². The van der Waals surface area contributed by atoms with E-state index in [0.717, 1.165) is 65.3 Å². The zero-order valence-electron chi connectivity index (χ0n) is 32.7. The number of aromatic nitrogens is 1. The third-order valence-corrected chi connectivity index (χ3v) is 10.9. The Hall–Kier alpha value is -3.53. The molecule has 4 nitrogen and oxygen atoms in total. The average Bonchev–Trinajstić information content (AvgIpc) is 3.61. The number of hydrogen-bond acceptors (Lipinski definition) is 4. The molecule has 1 N–H and O–H groups in total. The quantitative estimate of drug-likeness (QED) is 0.0816. The zero-order chi connectivity index (χ0) is 36.9. The first-order chi connectivity index (χ1) is 23.6. The summed E-state index contributed by atoms with van der Waals surface area (Å²) in [6.45, 7) is 23.3. The van der Waals surface area contributed by atoms with Gasteiger partial charge in [-0.2, -0.15) is 0 Å². The summed E-state index contributed by atoms with van der Waals surface area (Å²) in [6, 6.07) is 25.1. The van der Waals surface area contributed by atoms with Crippen molar-refractivity contribution < 1.29 is 34.4 Å². The van der Waals surface area contributed by atoms with Crippen molar-refractivity contribution >= 4 is 27.5 Å². The molecule has 0 aliphatic heterocycles. The van der Waals surface area contributed by atoms with E-state index in [1.165, 1.54) is 28.2 Å². The number of hydrogen-bond donors (Lipinski definition) is 1. The molecule has 5 heteroatoms. The van der Waals surface area contributed by atoms with Crippen LogP contribution < -0.4 is 0 Å². The summed E-state index contributed by atoms with van der Waals surface area (Å²) < 4.78 is 5.91. The fourth-order valence-electron chi connectivity index (χ4n) is 6.39. The van der Waals surface area contributed by atoms with Crippen molar-refractivity contribution in [2.45, 2.75) is 114 Å². The molecule has 0 atom stereocenters. The summed E-state index contributed by atoms with van der Waals surface area (Å²) in [7, 11) is 0. The Morgan fingerprint density at radius 1 is 0.863 bits per heavy atom. The molecule has 0 spiro atoms. The number of aliphatic hydroxyl groups is 1. The fraction of sp³-hybridized carbons (Fsp3) is 0.435. The van der Waals surface area contributed by atoms with Gasteiger partial charge in [0, 0.05) is 54.3 Å². The maximum atomic E-state index is 12.2. The number of carbonyl (C=O) groups is 1. The van der Waals surface area contributed by atoms with E-state index in [2.05, 4.69) is 101 Å². The number of ketones is 1. The molecule has 5 aromatic rings. The Kier molecular flexibility index (Phi) is 14.2. The van der Waals surface area contributed by atoms with Gasteiger partial charge in [0.15, 0.2) is 5.78 Å². The van der Waals surface area contributed by atoms with Crippen LogP contribution in [0.1, 0.15) is 113 Å². The van der Waals surface area contributed by atoms with Crippen LogP contribution in [-0.4, -0.2) is 15.9 Å². The van der Waals surface area contributed by atoms with Crippen LogP contribution in [0.4, 0.5) is 0 Å². The van der Waals surface area contributed by atoms with Gasteiger partial charge in [-0.05, 0) is 72.3 Å². The van der Waals surface area contributed by atoms with E-state index in [0.29, 0.717) is 5.92 Å². The number of fused-ring (bicyclic) bond motifs is 2. The smallest absolute Gasteiger partial charge is 0.164 e. The second-order valence-corrected chi connectivity index (χ2v) is 15.8. The van der Waals surface area contributed by atoms with Crippen LogP contribution in [-0.2, 0) is 36.7 Å². The van der Waals surface area contributed by atoms with Gasteiger partial charge in [0.1, 0.15) is 11.3 Å². The molecule has 275 valence electrons. The van der Waals surface area contributed by atoms with Crippen molar-refractivity contribution in [3.63, 3.8) is 0 Å². The summed E-state index contributed by atoms with van der Waals surface area (Å²) in [5.41, 5.74) is 7.27. The van der Waals surface area contributed by atoms with Crippen LogP contribution in [0.5, 0.6) is 0 Å². The van der Waals surface area contributed by atoms with E-state index < -0.39 is 0 Å². The van der Waals surface area contributed by atoms with Crippen LogP contribution in [0.15, 0.2) is 89.4 Å². The standard InChI is InChI=1S/C31H30NO.C15H28O2.Ir/c1-20(2)16-23-10-11-25(27-13-15-33-30(23)27)22-12-14-32-29(19-22)24-17-21-8-6-7-9-26(21)28(18-24)31(3,4)5;1-7-14(5,8-2)12(16)11-13(17)15(6,9-3)10-4;/h6-15,18-20H,16H2,1-5H3;11,16H,7-10H2,1-6H3;/q-1;;/b;12-11-;.